The van der Waals surface area contributed by atoms with E-state index in [2.05, 4.69) is 10.5 Å². The summed E-state index contributed by atoms with van der Waals surface area (Å²) in [6.45, 7) is 2.16. The standard InChI is InChI=1S/C21H23N3O5/c1-27-19-13-16(14-22-23-21(26)17-5-3-2-4-6-17)7-8-18(19)29-15-20(25)24-9-11-28-12-10-24/h2-8,13-14H,9-12,15H2,1H3,(H,23,26)/b22-14-. The number of hydrogen-bond acceptors (Lipinski definition) is 6. The molecule has 1 fully saturated rings. The predicted molar refractivity (Wildman–Crippen MR) is 107 cm³/mol. The SMILES string of the molecule is COc1cc(/C=N\NC(=O)c2ccccc2)ccc1OCC(=O)N1CCOCC1. The molecule has 0 atom stereocenters. The first kappa shape index (κ1) is 20.3. The highest BCUT2D eigenvalue weighted by Gasteiger charge is 2.18. The van der Waals surface area contributed by atoms with Gasteiger partial charge in [-0.05, 0) is 35.9 Å². The Morgan fingerprint density at radius 1 is 1.14 bits per heavy atom. The molecule has 1 N–H and O–H groups in total. The predicted octanol–water partition coefficient (Wildman–Crippen LogP) is 1.70. The van der Waals surface area contributed by atoms with Crippen LogP contribution in [0.3, 0.4) is 0 Å². The highest BCUT2D eigenvalue weighted by Crippen LogP contribution is 2.27. The summed E-state index contributed by atoms with van der Waals surface area (Å²) in [6.07, 6.45) is 1.51. The van der Waals surface area contributed by atoms with E-state index >= 15 is 0 Å². The molecular formula is C21H23N3O5. The molecule has 0 saturated carbocycles. The van der Waals surface area contributed by atoms with Gasteiger partial charge in [-0.25, -0.2) is 5.43 Å². The summed E-state index contributed by atoms with van der Waals surface area (Å²) in [7, 11) is 1.52. The molecule has 0 unspecified atom stereocenters. The van der Waals surface area contributed by atoms with Gasteiger partial charge in [-0.3, -0.25) is 9.59 Å². The lowest BCUT2D eigenvalue weighted by Crippen LogP contribution is -2.43. The van der Waals surface area contributed by atoms with E-state index in [4.69, 9.17) is 14.2 Å². The molecule has 1 heterocycles. The number of methoxy groups -OCH3 is 1. The Balaban J connectivity index is 1.56. The highest BCUT2D eigenvalue weighted by atomic mass is 16.5. The largest absolute Gasteiger partial charge is 0.493 e. The van der Waals surface area contributed by atoms with Crippen LogP contribution in [0, 0.1) is 0 Å². The van der Waals surface area contributed by atoms with Crippen molar-refractivity contribution in [3.63, 3.8) is 0 Å². The lowest BCUT2D eigenvalue weighted by atomic mass is 10.2. The summed E-state index contributed by atoms with van der Waals surface area (Å²) in [5, 5.41) is 3.96. The third-order valence-corrected chi connectivity index (χ3v) is 4.32. The Kier molecular flexibility index (Phi) is 7.18. The first-order valence-corrected chi connectivity index (χ1v) is 9.22. The molecule has 8 nitrogen and oxygen atoms in total. The van der Waals surface area contributed by atoms with E-state index in [0.717, 1.165) is 0 Å². The van der Waals surface area contributed by atoms with Crippen LogP contribution >= 0.6 is 0 Å². The molecule has 8 heteroatoms. The summed E-state index contributed by atoms with van der Waals surface area (Å²) >= 11 is 0. The molecule has 3 rings (SSSR count). The normalized spacial score (nSPS) is 13.9. The maximum Gasteiger partial charge on any atom is 0.271 e. The lowest BCUT2D eigenvalue weighted by molar-refractivity contribution is -0.137. The molecule has 0 bridgehead atoms. The topological polar surface area (TPSA) is 89.5 Å². The van der Waals surface area contributed by atoms with Crippen molar-refractivity contribution in [3.05, 3.63) is 59.7 Å². The number of morpholine rings is 1. The minimum absolute atomic E-state index is 0.0725. The lowest BCUT2D eigenvalue weighted by Gasteiger charge is -2.26. The molecule has 0 spiro atoms. The summed E-state index contributed by atoms with van der Waals surface area (Å²) in [5.41, 5.74) is 3.71. The van der Waals surface area contributed by atoms with Crippen molar-refractivity contribution in [2.75, 3.05) is 40.0 Å². The fraction of sp³-hybridized carbons (Fsp3) is 0.286. The van der Waals surface area contributed by atoms with Gasteiger partial charge in [0.1, 0.15) is 0 Å². The van der Waals surface area contributed by atoms with Gasteiger partial charge in [0.2, 0.25) is 0 Å². The molecular weight excluding hydrogens is 374 g/mol. The molecule has 2 amide bonds. The number of amides is 2. The van der Waals surface area contributed by atoms with E-state index in [-0.39, 0.29) is 18.4 Å². The number of carbonyl (C=O) groups is 2. The van der Waals surface area contributed by atoms with Crippen LogP contribution in [0.4, 0.5) is 0 Å². The highest BCUT2D eigenvalue weighted by molar-refractivity contribution is 5.94. The van der Waals surface area contributed by atoms with Crippen molar-refractivity contribution in [1.82, 2.24) is 10.3 Å². The van der Waals surface area contributed by atoms with Crippen molar-refractivity contribution in [1.29, 1.82) is 0 Å². The van der Waals surface area contributed by atoms with Gasteiger partial charge in [-0.15, -0.1) is 0 Å². The molecule has 0 aliphatic carbocycles. The second-order valence-corrected chi connectivity index (χ2v) is 6.26. The zero-order chi connectivity index (χ0) is 20.5. The first-order valence-electron chi connectivity index (χ1n) is 9.22. The monoisotopic (exact) mass is 397 g/mol. The number of ether oxygens (including phenoxy) is 3. The molecule has 1 aliphatic rings. The van der Waals surface area contributed by atoms with E-state index in [9.17, 15) is 9.59 Å². The third-order valence-electron chi connectivity index (χ3n) is 4.32. The second-order valence-electron chi connectivity index (χ2n) is 6.26. The maximum atomic E-state index is 12.2. The molecule has 29 heavy (non-hydrogen) atoms. The first-order chi connectivity index (χ1) is 14.2. The van der Waals surface area contributed by atoms with Gasteiger partial charge in [0.25, 0.3) is 11.8 Å². The molecule has 1 saturated heterocycles. The van der Waals surface area contributed by atoms with Crippen LogP contribution in [0.2, 0.25) is 0 Å². The van der Waals surface area contributed by atoms with Crippen LogP contribution in [-0.4, -0.2) is 62.9 Å². The van der Waals surface area contributed by atoms with Gasteiger partial charge in [0, 0.05) is 18.7 Å². The smallest absolute Gasteiger partial charge is 0.271 e. The van der Waals surface area contributed by atoms with E-state index in [0.29, 0.717) is 48.9 Å². The molecule has 1 aliphatic heterocycles. The minimum atomic E-state index is -0.296. The fourth-order valence-electron chi connectivity index (χ4n) is 2.75. The van der Waals surface area contributed by atoms with Gasteiger partial charge in [0.05, 0.1) is 26.5 Å². The Morgan fingerprint density at radius 3 is 2.62 bits per heavy atom. The molecule has 2 aromatic rings. The molecule has 2 aromatic carbocycles. The van der Waals surface area contributed by atoms with Crippen LogP contribution in [0.15, 0.2) is 53.6 Å². The average molecular weight is 397 g/mol. The van der Waals surface area contributed by atoms with Crippen molar-refractivity contribution in [3.8, 4) is 11.5 Å². The Morgan fingerprint density at radius 2 is 1.90 bits per heavy atom. The van der Waals surface area contributed by atoms with E-state index in [1.807, 2.05) is 6.07 Å². The Hall–Kier alpha value is -3.39. The Bertz CT molecular complexity index is 864. The molecule has 0 radical (unpaired) electrons. The van der Waals surface area contributed by atoms with Crippen LogP contribution in [0.5, 0.6) is 11.5 Å². The quantitative estimate of drug-likeness (QED) is 0.567. The van der Waals surface area contributed by atoms with Gasteiger partial charge in [-0.1, -0.05) is 18.2 Å². The number of benzene rings is 2. The van der Waals surface area contributed by atoms with Gasteiger partial charge < -0.3 is 19.1 Å². The number of carbonyl (C=O) groups excluding carboxylic acids is 2. The maximum absolute atomic E-state index is 12.2. The van der Waals surface area contributed by atoms with Crippen molar-refractivity contribution >= 4 is 18.0 Å². The van der Waals surface area contributed by atoms with Crippen molar-refractivity contribution in [2.24, 2.45) is 5.10 Å². The zero-order valence-electron chi connectivity index (χ0n) is 16.2. The Labute approximate surface area is 169 Å². The summed E-state index contributed by atoms with van der Waals surface area (Å²) in [5.74, 6) is 0.540. The molecule has 0 aromatic heterocycles. The summed E-state index contributed by atoms with van der Waals surface area (Å²) in [6, 6.07) is 14.0. The number of nitrogens with zero attached hydrogens (tertiary/aromatic N) is 2. The van der Waals surface area contributed by atoms with Crippen LogP contribution in [-0.2, 0) is 9.53 Å². The fourth-order valence-corrected chi connectivity index (χ4v) is 2.75. The number of hydrazone groups is 1. The number of rotatable bonds is 7. The van der Waals surface area contributed by atoms with Crippen molar-refractivity contribution in [2.45, 2.75) is 0 Å². The summed E-state index contributed by atoms with van der Waals surface area (Å²) in [4.78, 5) is 25.9. The van der Waals surface area contributed by atoms with E-state index in [1.165, 1.54) is 13.3 Å². The van der Waals surface area contributed by atoms with E-state index in [1.54, 1.807) is 47.4 Å². The average Bonchev–Trinajstić information content (AvgIpc) is 2.78. The minimum Gasteiger partial charge on any atom is -0.493 e. The van der Waals surface area contributed by atoms with Crippen LogP contribution < -0.4 is 14.9 Å². The number of hydrogen-bond donors (Lipinski definition) is 1. The van der Waals surface area contributed by atoms with Gasteiger partial charge >= 0.3 is 0 Å². The van der Waals surface area contributed by atoms with Gasteiger partial charge in [-0.2, -0.15) is 5.10 Å². The third kappa shape index (κ3) is 5.79. The van der Waals surface area contributed by atoms with Crippen LogP contribution in [0.25, 0.3) is 0 Å². The summed E-state index contributed by atoms with van der Waals surface area (Å²) < 4.78 is 16.2. The van der Waals surface area contributed by atoms with Crippen LogP contribution in [0.1, 0.15) is 15.9 Å². The van der Waals surface area contributed by atoms with E-state index < -0.39 is 0 Å². The van der Waals surface area contributed by atoms with Crippen molar-refractivity contribution < 1.29 is 23.8 Å². The zero-order valence-corrected chi connectivity index (χ0v) is 16.2. The molecule has 152 valence electrons. The second kappa shape index (κ2) is 10.2. The van der Waals surface area contributed by atoms with Gasteiger partial charge in [0.15, 0.2) is 18.1 Å². The number of nitrogens with one attached hydrogen (secondary N) is 1.